The van der Waals surface area contributed by atoms with Gasteiger partial charge in [-0.25, -0.2) is 0 Å². The van der Waals surface area contributed by atoms with Gasteiger partial charge in [-0.05, 0) is 37.9 Å². The van der Waals surface area contributed by atoms with Crippen LogP contribution >= 0.6 is 15.9 Å². The van der Waals surface area contributed by atoms with Crippen molar-refractivity contribution in [1.82, 2.24) is 10.2 Å². The van der Waals surface area contributed by atoms with Crippen LogP contribution in [-0.2, 0) is 0 Å². The Morgan fingerprint density at radius 3 is 2.48 bits per heavy atom. The number of nitrogens with one attached hydrogen (secondary N) is 1. The Morgan fingerprint density at radius 2 is 1.86 bits per heavy atom. The monoisotopic (exact) mass is 346 g/mol. The molecule has 1 amide bonds. The van der Waals surface area contributed by atoms with Crippen LogP contribution in [0.5, 0.6) is 0 Å². The molecule has 0 spiro atoms. The molecule has 0 aliphatic heterocycles. The van der Waals surface area contributed by atoms with Crippen molar-refractivity contribution in [2.75, 3.05) is 20.6 Å². The Morgan fingerprint density at radius 1 is 1.14 bits per heavy atom. The number of carbonyl (C=O) groups excluding carboxylic acids is 1. The number of carbonyl (C=O) groups is 1. The zero-order valence-electron chi connectivity index (χ0n) is 12.2. The Hall–Kier alpha value is -1.65. The van der Waals surface area contributed by atoms with E-state index in [1.165, 1.54) is 5.56 Å². The lowest BCUT2D eigenvalue weighted by atomic mass is 10.1. The average molecular weight is 347 g/mol. The largest absolute Gasteiger partial charge is 0.350 e. The molecule has 0 bridgehead atoms. The van der Waals surface area contributed by atoms with Crippen LogP contribution in [0, 0.1) is 0 Å². The number of amides is 1. The molecule has 0 aliphatic carbocycles. The Kier molecular flexibility index (Phi) is 5.53. The lowest BCUT2D eigenvalue weighted by molar-refractivity contribution is 0.0942. The van der Waals surface area contributed by atoms with Crippen LogP contribution in [0.2, 0.25) is 0 Å². The highest BCUT2D eigenvalue weighted by atomic mass is 79.9. The van der Waals surface area contributed by atoms with E-state index < -0.39 is 0 Å². The molecule has 0 aromatic heterocycles. The molecule has 1 atom stereocenters. The molecule has 3 nitrogen and oxygen atoms in total. The summed E-state index contributed by atoms with van der Waals surface area (Å²) in [6, 6.07) is 17.7. The molecular weight excluding hydrogens is 328 g/mol. The molecule has 2 aromatic rings. The summed E-state index contributed by atoms with van der Waals surface area (Å²) in [4.78, 5) is 14.3. The van der Waals surface area contributed by atoms with Crippen LogP contribution in [-0.4, -0.2) is 31.4 Å². The smallest absolute Gasteiger partial charge is 0.251 e. The van der Waals surface area contributed by atoms with Crippen LogP contribution in [0.1, 0.15) is 22.0 Å². The number of hydrogen-bond donors (Lipinski definition) is 1. The van der Waals surface area contributed by atoms with Gasteiger partial charge in [0.05, 0.1) is 6.04 Å². The van der Waals surface area contributed by atoms with Crippen molar-refractivity contribution in [3.63, 3.8) is 0 Å². The standard InChI is InChI=1S/C17H19BrN2O/c1-20(2)16(13-7-4-3-5-8-13)12-19-17(21)14-9-6-10-15(18)11-14/h3-11,16H,12H2,1-2H3,(H,19,21)/t16-/m1/s1. The molecule has 0 radical (unpaired) electrons. The van der Waals surface area contributed by atoms with Crippen molar-refractivity contribution < 1.29 is 4.79 Å². The third kappa shape index (κ3) is 4.41. The number of hydrogen-bond acceptors (Lipinski definition) is 2. The molecule has 0 saturated carbocycles. The Bertz CT molecular complexity index is 599. The maximum Gasteiger partial charge on any atom is 0.251 e. The highest BCUT2D eigenvalue weighted by Crippen LogP contribution is 2.17. The van der Waals surface area contributed by atoms with Crippen molar-refractivity contribution in [2.24, 2.45) is 0 Å². The first-order valence-corrected chi connectivity index (χ1v) is 7.62. The fourth-order valence-corrected chi connectivity index (χ4v) is 2.59. The molecule has 2 rings (SSSR count). The third-order valence-electron chi connectivity index (χ3n) is 3.35. The van der Waals surface area contributed by atoms with Crippen LogP contribution in [0.3, 0.4) is 0 Å². The predicted octanol–water partition coefficient (Wildman–Crippen LogP) is 3.48. The van der Waals surface area contributed by atoms with Crippen LogP contribution in [0.25, 0.3) is 0 Å². The minimum absolute atomic E-state index is 0.0564. The molecular formula is C17H19BrN2O. The second-order valence-corrected chi connectivity index (χ2v) is 6.03. The van der Waals surface area contributed by atoms with Crippen molar-refractivity contribution in [1.29, 1.82) is 0 Å². The highest BCUT2D eigenvalue weighted by molar-refractivity contribution is 9.10. The molecule has 0 aliphatic rings. The number of likely N-dealkylation sites (N-methyl/N-ethyl adjacent to an activating group) is 1. The summed E-state index contributed by atoms with van der Waals surface area (Å²) in [7, 11) is 4.03. The number of rotatable bonds is 5. The minimum atomic E-state index is -0.0564. The van der Waals surface area contributed by atoms with E-state index in [1.54, 1.807) is 0 Å². The maximum atomic E-state index is 12.2. The van der Waals surface area contributed by atoms with Crippen molar-refractivity contribution in [3.05, 3.63) is 70.2 Å². The predicted molar refractivity (Wildman–Crippen MR) is 89.3 cm³/mol. The SMILES string of the molecule is CN(C)[C@H](CNC(=O)c1cccc(Br)c1)c1ccccc1. The second kappa shape index (κ2) is 7.38. The fraction of sp³-hybridized carbons (Fsp3) is 0.235. The van der Waals surface area contributed by atoms with Gasteiger partial charge in [-0.15, -0.1) is 0 Å². The summed E-state index contributed by atoms with van der Waals surface area (Å²) < 4.78 is 0.905. The summed E-state index contributed by atoms with van der Waals surface area (Å²) in [5.74, 6) is -0.0564. The molecule has 1 N–H and O–H groups in total. The molecule has 0 fully saturated rings. The van der Waals surface area contributed by atoms with E-state index >= 15 is 0 Å². The minimum Gasteiger partial charge on any atom is -0.350 e. The first-order valence-electron chi connectivity index (χ1n) is 6.83. The van der Waals surface area contributed by atoms with Gasteiger partial charge in [-0.1, -0.05) is 52.3 Å². The van der Waals surface area contributed by atoms with Gasteiger partial charge in [-0.3, -0.25) is 4.79 Å². The van der Waals surface area contributed by atoms with E-state index in [2.05, 4.69) is 38.3 Å². The van der Waals surface area contributed by atoms with Crippen molar-refractivity contribution in [2.45, 2.75) is 6.04 Å². The Balaban J connectivity index is 2.04. The number of nitrogens with zero attached hydrogens (tertiary/aromatic N) is 1. The van der Waals surface area contributed by atoms with E-state index in [-0.39, 0.29) is 11.9 Å². The molecule has 21 heavy (non-hydrogen) atoms. The zero-order valence-corrected chi connectivity index (χ0v) is 13.8. The lowest BCUT2D eigenvalue weighted by Crippen LogP contribution is -2.34. The second-order valence-electron chi connectivity index (χ2n) is 5.11. The number of benzene rings is 2. The fourth-order valence-electron chi connectivity index (χ4n) is 2.19. The maximum absolute atomic E-state index is 12.2. The first-order chi connectivity index (χ1) is 10.1. The third-order valence-corrected chi connectivity index (χ3v) is 3.84. The molecule has 2 aromatic carbocycles. The van der Waals surface area contributed by atoms with Crippen molar-refractivity contribution in [3.8, 4) is 0 Å². The van der Waals surface area contributed by atoms with Gasteiger partial charge in [0.1, 0.15) is 0 Å². The molecule has 0 heterocycles. The summed E-state index contributed by atoms with van der Waals surface area (Å²) in [5.41, 5.74) is 1.85. The van der Waals surface area contributed by atoms with Crippen LogP contribution < -0.4 is 5.32 Å². The normalized spacial score (nSPS) is 12.2. The topological polar surface area (TPSA) is 32.3 Å². The highest BCUT2D eigenvalue weighted by Gasteiger charge is 2.15. The van der Waals surface area contributed by atoms with Crippen LogP contribution in [0.15, 0.2) is 59.1 Å². The van der Waals surface area contributed by atoms with E-state index in [4.69, 9.17) is 0 Å². The molecule has 110 valence electrons. The van der Waals surface area contributed by atoms with Crippen molar-refractivity contribution >= 4 is 21.8 Å². The van der Waals surface area contributed by atoms with Gasteiger partial charge in [-0.2, -0.15) is 0 Å². The van der Waals surface area contributed by atoms with E-state index in [0.29, 0.717) is 12.1 Å². The summed E-state index contributed by atoms with van der Waals surface area (Å²) in [6.07, 6.45) is 0. The molecule has 0 unspecified atom stereocenters. The average Bonchev–Trinajstić information content (AvgIpc) is 2.48. The van der Waals surface area contributed by atoms with Gasteiger partial charge in [0, 0.05) is 16.6 Å². The van der Waals surface area contributed by atoms with Gasteiger partial charge in [0.15, 0.2) is 0 Å². The van der Waals surface area contributed by atoms with E-state index in [0.717, 1.165) is 4.47 Å². The van der Waals surface area contributed by atoms with Gasteiger partial charge in [0.2, 0.25) is 0 Å². The summed E-state index contributed by atoms with van der Waals surface area (Å²) in [5, 5.41) is 3.00. The van der Waals surface area contributed by atoms with Crippen LogP contribution in [0.4, 0.5) is 0 Å². The van der Waals surface area contributed by atoms with Gasteiger partial charge >= 0.3 is 0 Å². The summed E-state index contributed by atoms with van der Waals surface area (Å²) in [6.45, 7) is 0.572. The van der Waals surface area contributed by atoms with Gasteiger partial charge < -0.3 is 10.2 Å². The van der Waals surface area contributed by atoms with E-state index in [9.17, 15) is 4.79 Å². The Labute approximate surface area is 134 Å². The van der Waals surface area contributed by atoms with Gasteiger partial charge in [0.25, 0.3) is 5.91 Å². The quantitative estimate of drug-likeness (QED) is 0.898. The number of halogens is 1. The summed E-state index contributed by atoms with van der Waals surface area (Å²) >= 11 is 3.38. The lowest BCUT2D eigenvalue weighted by Gasteiger charge is -2.25. The molecule has 4 heteroatoms. The molecule has 0 saturated heterocycles. The zero-order chi connectivity index (χ0) is 15.2. The van der Waals surface area contributed by atoms with E-state index in [1.807, 2.05) is 56.6 Å². The first kappa shape index (κ1) is 15.7.